The van der Waals surface area contributed by atoms with E-state index in [1.807, 2.05) is 0 Å². The van der Waals surface area contributed by atoms with Crippen molar-refractivity contribution in [3.63, 3.8) is 0 Å². The quantitative estimate of drug-likeness (QED) is 0.337. The number of benzene rings is 2. The fraction of sp³-hybridized carbons (Fsp3) is 0.111. The predicted octanol–water partition coefficient (Wildman–Crippen LogP) is 1.33. The number of rotatable bonds is 6. The molecule has 8 heteroatoms. The Balaban J connectivity index is 2.05. The fourth-order valence-corrected chi connectivity index (χ4v) is 2.17. The van der Waals surface area contributed by atoms with E-state index in [0.717, 1.165) is 6.08 Å². The number of carbonyl (C=O) groups is 2. The second-order valence-electron chi connectivity index (χ2n) is 5.51. The zero-order chi connectivity index (χ0) is 19.3. The van der Waals surface area contributed by atoms with Crippen LogP contribution in [-0.2, 0) is 16.0 Å². The lowest BCUT2D eigenvalue weighted by Gasteiger charge is -2.13. The molecule has 2 aromatic carbocycles. The molecule has 8 nitrogen and oxygen atoms in total. The normalized spacial score (nSPS) is 12.0. The van der Waals surface area contributed by atoms with Gasteiger partial charge in [-0.3, -0.25) is 4.79 Å². The van der Waals surface area contributed by atoms with Crippen LogP contribution in [0.1, 0.15) is 11.1 Å². The highest BCUT2D eigenvalue weighted by Gasteiger charge is 2.20. The maximum atomic E-state index is 11.9. The van der Waals surface area contributed by atoms with Crippen molar-refractivity contribution < 1.29 is 35.1 Å². The molecule has 1 amide bonds. The molecule has 0 spiro atoms. The van der Waals surface area contributed by atoms with Gasteiger partial charge in [0.05, 0.1) is 0 Å². The van der Waals surface area contributed by atoms with E-state index in [9.17, 15) is 35.1 Å². The van der Waals surface area contributed by atoms with Gasteiger partial charge in [-0.2, -0.15) is 0 Å². The lowest BCUT2D eigenvalue weighted by molar-refractivity contribution is -0.141. The Morgan fingerprint density at radius 1 is 0.923 bits per heavy atom. The highest BCUT2D eigenvalue weighted by atomic mass is 16.4. The van der Waals surface area contributed by atoms with Crippen LogP contribution in [0.4, 0.5) is 0 Å². The van der Waals surface area contributed by atoms with Gasteiger partial charge in [-0.25, -0.2) is 4.79 Å². The molecule has 0 heterocycles. The number of aliphatic carboxylic acids is 1. The summed E-state index contributed by atoms with van der Waals surface area (Å²) < 4.78 is 0. The minimum absolute atomic E-state index is 0.0945. The average molecular weight is 359 g/mol. The van der Waals surface area contributed by atoms with Crippen molar-refractivity contribution in [2.45, 2.75) is 12.5 Å². The number of phenols is 4. The summed E-state index contributed by atoms with van der Waals surface area (Å²) in [4.78, 5) is 23.3. The smallest absolute Gasteiger partial charge is 0.326 e. The van der Waals surface area contributed by atoms with Crippen LogP contribution >= 0.6 is 0 Å². The number of amides is 1. The summed E-state index contributed by atoms with van der Waals surface area (Å²) >= 11 is 0. The molecule has 2 aromatic rings. The molecule has 0 aliphatic heterocycles. The highest BCUT2D eigenvalue weighted by molar-refractivity contribution is 5.94. The number of carboxylic acids is 1. The van der Waals surface area contributed by atoms with Crippen LogP contribution in [-0.4, -0.2) is 43.5 Å². The molecule has 2 rings (SSSR count). The van der Waals surface area contributed by atoms with Gasteiger partial charge < -0.3 is 30.8 Å². The van der Waals surface area contributed by atoms with Crippen molar-refractivity contribution in [2.75, 3.05) is 0 Å². The van der Waals surface area contributed by atoms with Crippen LogP contribution in [0.3, 0.4) is 0 Å². The van der Waals surface area contributed by atoms with Crippen molar-refractivity contribution in [1.29, 1.82) is 0 Å². The molecule has 136 valence electrons. The molecule has 0 radical (unpaired) electrons. The standard InChI is InChI=1S/C18H17NO7/c20-13-4-1-10(8-15(13)22)3-6-17(24)19-12(18(25)26)7-11-2-5-14(21)16(23)9-11/h1-6,8-9,12,20-23H,7H2,(H,19,24)(H,25,26)/b6-3+/t12-/m0/s1. The summed E-state index contributed by atoms with van der Waals surface area (Å²) in [7, 11) is 0. The molecule has 0 unspecified atom stereocenters. The predicted molar refractivity (Wildman–Crippen MR) is 91.8 cm³/mol. The SMILES string of the molecule is O=C(/C=C/c1ccc(O)c(O)c1)N[C@@H](Cc1ccc(O)c(O)c1)C(=O)O. The Labute approximate surface area is 148 Å². The summed E-state index contributed by atoms with van der Waals surface area (Å²) in [5.41, 5.74) is 0.853. The van der Waals surface area contributed by atoms with E-state index >= 15 is 0 Å². The highest BCUT2D eigenvalue weighted by Crippen LogP contribution is 2.26. The Morgan fingerprint density at radius 3 is 2.12 bits per heavy atom. The number of carboxylic acid groups (broad SMARTS) is 1. The van der Waals surface area contributed by atoms with Crippen LogP contribution in [0, 0.1) is 0 Å². The van der Waals surface area contributed by atoms with Crippen molar-refractivity contribution in [3.05, 3.63) is 53.6 Å². The third-order valence-corrected chi connectivity index (χ3v) is 3.52. The van der Waals surface area contributed by atoms with Gasteiger partial charge in [0.15, 0.2) is 23.0 Å². The van der Waals surface area contributed by atoms with Crippen LogP contribution < -0.4 is 5.32 Å². The lowest BCUT2D eigenvalue weighted by atomic mass is 10.1. The van der Waals surface area contributed by atoms with Gasteiger partial charge in [0.25, 0.3) is 0 Å². The summed E-state index contributed by atoms with van der Waals surface area (Å²) in [5.74, 6) is -3.29. The molecule has 0 aromatic heterocycles. The van der Waals surface area contributed by atoms with E-state index < -0.39 is 17.9 Å². The van der Waals surface area contributed by atoms with Crippen molar-refractivity contribution in [3.8, 4) is 23.0 Å². The Morgan fingerprint density at radius 2 is 1.54 bits per heavy atom. The van der Waals surface area contributed by atoms with Gasteiger partial charge in [0, 0.05) is 12.5 Å². The maximum Gasteiger partial charge on any atom is 0.326 e. The minimum Gasteiger partial charge on any atom is -0.504 e. The van der Waals surface area contributed by atoms with Crippen LogP contribution in [0.2, 0.25) is 0 Å². The van der Waals surface area contributed by atoms with Crippen LogP contribution in [0.15, 0.2) is 42.5 Å². The molecular formula is C18H17NO7. The van der Waals surface area contributed by atoms with E-state index in [0.29, 0.717) is 11.1 Å². The summed E-state index contributed by atoms with van der Waals surface area (Å²) in [6.07, 6.45) is 2.35. The van der Waals surface area contributed by atoms with Gasteiger partial charge in [0.2, 0.25) is 5.91 Å². The first-order valence-corrected chi connectivity index (χ1v) is 7.50. The first-order valence-electron chi connectivity index (χ1n) is 7.50. The monoisotopic (exact) mass is 359 g/mol. The van der Waals surface area contributed by atoms with Gasteiger partial charge >= 0.3 is 5.97 Å². The van der Waals surface area contributed by atoms with E-state index in [2.05, 4.69) is 5.32 Å². The molecule has 1 atom stereocenters. The van der Waals surface area contributed by atoms with Gasteiger partial charge in [-0.15, -0.1) is 0 Å². The van der Waals surface area contributed by atoms with Crippen molar-refractivity contribution in [2.24, 2.45) is 0 Å². The Kier molecular flexibility index (Phi) is 5.69. The Hall–Kier alpha value is -3.68. The third kappa shape index (κ3) is 4.91. The molecule has 0 saturated heterocycles. The zero-order valence-electron chi connectivity index (χ0n) is 13.5. The minimum atomic E-state index is -1.26. The number of phenolic OH excluding ortho intramolecular Hbond substituents is 4. The molecular weight excluding hydrogens is 342 g/mol. The molecule has 0 saturated carbocycles. The van der Waals surface area contributed by atoms with Crippen LogP contribution in [0.5, 0.6) is 23.0 Å². The average Bonchev–Trinajstić information content (AvgIpc) is 2.58. The first kappa shape index (κ1) is 18.7. The number of aromatic hydroxyl groups is 4. The summed E-state index contributed by atoms with van der Waals surface area (Å²) in [5, 5.41) is 48.9. The molecule has 26 heavy (non-hydrogen) atoms. The van der Waals surface area contributed by atoms with Gasteiger partial charge in [0.1, 0.15) is 6.04 Å². The van der Waals surface area contributed by atoms with Gasteiger partial charge in [-0.1, -0.05) is 12.1 Å². The second-order valence-corrected chi connectivity index (χ2v) is 5.51. The number of hydrogen-bond donors (Lipinski definition) is 6. The van der Waals surface area contributed by atoms with Crippen LogP contribution in [0.25, 0.3) is 6.08 Å². The lowest BCUT2D eigenvalue weighted by Crippen LogP contribution is -2.41. The van der Waals surface area contributed by atoms with Crippen molar-refractivity contribution in [1.82, 2.24) is 5.32 Å². The van der Waals surface area contributed by atoms with Gasteiger partial charge in [-0.05, 0) is 41.5 Å². The summed E-state index contributed by atoms with van der Waals surface area (Å²) in [6, 6.07) is 6.59. The van der Waals surface area contributed by atoms with E-state index in [1.165, 1.54) is 42.5 Å². The third-order valence-electron chi connectivity index (χ3n) is 3.52. The maximum absolute atomic E-state index is 11.9. The van der Waals surface area contributed by atoms with E-state index in [-0.39, 0.29) is 29.4 Å². The first-order chi connectivity index (χ1) is 12.3. The molecule has 0 bridgehead atoms. The zero-order valence-corrected chi connectivity index (χ0v) is 13.5. The second kappa shape index (κ2) is 7.93. The number of hydrogen-bond acceptors (Lipinski definition) is 6. The molecule has 6 N–H and O–H groups in total. The largest absolute Gasteiger partial charge is 0.504 e. The number of carbonyl (C=O) groups excluding carboxylic acids is 1. The Bertz CT molecular complexity index is 861. The van der Waals surface area contributed by atoms with E-state index in [4.69, 9.17) is 0 Å². The fourth-order valence-electron chi connectivity index (χ4n) is 2.17. The topological polar surface area (TPSA) is 147 Å². The number of nitrogens with one attached hydrogen (secondary N) is 1. The molecule has 0 aliphatic rings. The summed E-state index contributed by atoms with van der Waals surface area (Å²) in [6.45, 7) is 0. The van der Waals surface area contributed by atoms with E-state index in [1.54, 1.807) is 0 Å². The molecule has 0 fully saturated rings. The van der Waals surface area contributed by atoms with Crippen molar-refractivity contribution >= 4 is 18.0 Å². The molecule has 0 aliphatic carbocycles.